The maximum atomic E-state index is 12.1. The van der Waals surface area contributed by atoms with Crippen molar-refractivity contribution in [3.05, 3.63) is 53.1 Å². The van der Waals surface area contributed by atoms with E-state index in [0.29, 0.717) is 18.2 Å². The van der Waals surface area contributed by atoms with E-state index in [9.17, 15) is 4.79 Å². The second kappa shape index (κ2) is 7.01. The molecule has 1 aromatic heterocycles. The van der Waals surface area contributed by atoms with Crippen LogP contribution in [0.25, 0.3) is 10.2 Å². The molecule has 0 aliphatic carbocycles. The van der Waals surface area contributed by atoms with Crippen LogP contribution >= 0.6 is 11.3 Å². The van der Waals surface area contributed by atoms with Gasteiger partial charge >= 0.3 is 0 Å². The zero-order valence-electron chi connectivity index (χ0n) is 14.1. The van der Waals surface area contributed by atoms with E-state index in [4.69, 9.17) is 4.74 Å². The number of nitrogens with zero attached hydrogens (tertiary/aromatic N) is 1. The first-order valence-corrected chi connectivity index (χ1v) is 8.70. The van der Waals surface area contributed by atoms with E-state index < -0.39 is 0 Å². The number of thiazole rings is 1. The van der Waals surface area contributed by atoms with Gasteiger partial charge in [0.15, 0.2) is 5.13 Å². The standard InChI is InChI=1S/C19H20N2O2S/c1-12-4-6-14(3)16(10-12)23-9-8-18(22)21-19-20-15-7-5-13(2)11-17(15)24-19/h4-7,10-11H,8-9H2,1-3H3,(H,20,21,22). The molecule has 0 saturated heterocycles. The van der Waals surface area contributed by atoms with Crippen molar-refractivity contribution in [3.8, 4) is 5.75 Å². The predicted molar refractivity (Wildman–Crippen MR) is 99.0 cm³/mol. The quantitative estimate of drug-likeness (QED) is 0.737. The van der Waals surface area contributed by atoms with E-state index >= 15 is 0 Å². The average Bonchev–Trinajstić information content (AvgIpc) is 2.91. The van der Waals surface area contributed by atoms with E-state index in [2.05, 4.69) is 16.4 Å². The molecule has 3 aromatic rings. The van der Waals surface area contributed by atoms with E-state index in [1.807, 2.05) is 51.1 Å². The lowest BCUT2D eigenvalue weighted by Gasteiger charge is -2.09. The first kappa shape index (κ1) is 16.5. The summed E-state index contributed by atoms with van der Waals surface area (Å²) < 4.78 is 6.80. The van der Waals surface area contributed by atoms with Crippen molar-refractivity contribution in [2.45, 2.75) is 27.2 Å². The monoisotopic (exact) mass is 340 g/mol. The molecule has 0 atom stereocenters. The fourth-order valence-electron chi connectivity index (χ4n) is 2.38. The lowest BCUT2D eigenvalue weighted by molar-refractivity contribution is -0.116. The highest BCUT2D eigenvalue weighted by molar-refractivity contribution is 7.22. The summed E-state index contributed by atoms with van der Waals surface area (Å²) >= 11 is 1.49. The summed E-state index contributed by atoms with van der Waals surface area (Å²) in [6.45, 7) is 6.41. The summed E-state index contributed by atoms with van der Waals surface area (Å²) in [5.74, 6) is 0.745. The topological polar surface area (TPSA) is 51.2 Å². The summed E-state index contributed by atoms with van der Waals surface area (Å²) in [6, 6.07) is 12.1. The SMILES string of the molecule is Cc1ccc(C)c(OCCC(=O)Nc2nc3ccc(C)cc3s2)c1. The van der Waals surface area contributed by atoms with E-state index in [0.717, 1.165) is 27.1 Å². The van der Waals surface area contributed by atoms with Gasteiger partial charge in [0.1, 0.15) is 5.75 Å². The minimum Gasteiger partial charge on any atom is -0.493 e. The number of amides is 1. The zero-order valence-corrected chi connectivity index (χ0v) is 14.9. The summed E-state index contributed by atoms with van der Waals surface area (Å²) in [5, 5.41) is 3.48. The van der Waals surface area contributed by atoms with Gasteiger partial charge in [-0.05, 0) is 55.7 Å². The molecule has 0 saturated carbocycles. The molecule has 1 N–H and O–H groups in total. The van der Waals surface area contributed by atoms with Crippen molar-refractivity contribution in [1.29, 1.82) is 0 Å². The molecule has 0 bridgehead atoms. The number of hydrogen-bond donors (Lipinski definition) is 1. The van der Waals surface area contributed by atoms with Gasteiger partial charge in [-0.1, -0.05) is 29.5 Å². The van der Waals surface area contributed by atoms with Gasteiger partial charge in [0.25, 0.3) is 0 Å². The maximum Gasteiger partial charge on any atom is 0.229 e. The van der Waals surface area contributed by atoms with Crippen LogP contribution in [0.15, 0.2) is 36.4 Å². The van der Waals surface area contributed by atoms with Gasteiger partial charge in [-0.2, -0.15) is 0 Å². The Morgan fingerprint density at radius 2 is 1.88 bits per heavy atom. The summed E-state index contributed by atoms with van der Waals surface area (Å²) in [4.78, 5) is 16.5. The van der Waals surface area contributed by atoms with Gasteiger partial charge in [0.05, 0.1) is 23.2 Å². The Morgan fingerprint density at radius 1 is 1.12 bits per heavy atom. The third kappa shape index (κ3) is 3.92. The van der Waals surface area contributed by atoms with Gasteiger partial charge in [-0.3, -0.25) is 4.79 Å². The van der Waals surface area contributed by atoms with Crippen LogP contribution in [0.1, 0.15) is 23.1 Å². The van der Waals surface area contributed by atoms with Crippen LogP contribution in [0, 0.1) is 20.8 Å². The molecule has 0 aliphatic rings. The van der Waals surface area contributed by atoms with Crippen LogP contribution in [0.3, 0.4) is 0 Å². The number of anilines is 1. The first-order valence-electron chi connectivity index (χ1n) is 7.88. The number of nitrogens with one attached hydrogen (secondary N) is 1. The molecule has 5 heteroatoms. The molecular weight excluding hydrogens is 320 g/mol. The summed E-state index contributed by atoms with van der Waals surface area (Å²) in [5.41, 5.74) is 4.31. The second-order valence-corrected chi connectivity index (χ2v) is 6.94. The van der Waals surface area contributed by atoms with Crippen molar-refractivity contribution >= 4 is 32.6 Å². The Kier molecular flexibility index (Phi) is 4.81. The number of carbonyl (C=O) groups is 1. The molecule has 0 aliphatic heterocycles. The molecule has 3 rings (SSSR count). The number of rotatable bonds is 5. The van der Waals surface area contributed by atoms with E-state index in [1.165, 1.54) is 16.9 Å². The second-order valence-electron chi connectivity index (χ2n) is 5.91. The normalized spacial score (nSPS) is 10.8. The molecule has 0 fully saturated rings. The highest BCUT2D eigenvalue weighted by Gasteiger charge is 2.09. The van der Waals surface area contributed by atoms with Crippen LogP contribution in [0.5, 0.6) is 5.75 Å². The van der Waals surface area contributed by atoms with Gasteiger partial charge < -0.3 is 10.1 Å². The molecule has 1 heterocycles. The van der Waals surface area contributed by atoms with E-state index in [1.54, 1.807) is 0 Å². The van der Waals surface area contributed by atoms with Gasteiger partial charge in [-0.15, -0.1) is 0 Å². The number of hydrogen-bond acceptors (Lipinski definition) is 4. The fourth-order valence-corrected chi connectivity index (χ4v) is 3.36. The average molecular weight is 340 g/mol. The number of carbonyl (C=O) groups excluding carboxylic acids is 1. The summed E-state index contributed by atoms with van der Waals surface area (Å²) in [6.07, 6.45) is 0.294. The van der Waals surface area contributed by atoms with Crippen LogP contribution in [0.2, 0.25) is 0 Å². The Bertz CT molecular complexity index is 886. The maximum absolute atomic E-state index is 12.1. The zero-order chi connectivity index (χ0) is 17.1. The Labute approximate surface area is 145 Å². The largest absolute Gasteiger partial charge is 0.493 e. The Morgan fingerprint density at radius 3 is 2.71 bits per heavy atom. The number of aromatic nitrogens is 1. The molecule has 4 nitrogen and oxygen atoms in total. The fraction of sp³-hybridized carbons (Fsp3) is 0.263. The molecule has 0 spiro atoms. The molecule has 0 unspecified atom stereocenters. The smallest absolute Gasteiger partial charge is 0.229 e. The lowest BCUT2D eigenvalue weighted by atomic mass is 10.1. The van der Waals surface area contributed by atoms with Gasteiger partial charge in [0, 0.05) is 0 Å². The highest BCUT2D eigenvalue weighted by Crippen LogP contribution is 2.26. The van der Waals surface area contributed by atoms with Gasteiger partial charge in [0.2, 0.25) is 5.91 Å². The van der Waals surface area contributed by atoms with Crippen LogP contribution < -0.4 is 10.1 Å². The van der Waals surface area contributed by atoms with Crippen LogP contribution in [-0.2, 0) is 4.79 Å². The predicted octanol–water partition coefficient (Wildman–Crippen LogP) is 4.63. The van der Waals surface area contributed by atoms with Crippen molar-refractivity contribution in [2.75, 3.05) is 11.9 Å². The number of fused-ring (bicyclic) bond motifs is 1. The van der Waals surface area contributed by atoms with Crippen molar-refractivity contribution < 1.29 is 9.53 Å². The van der Waals surface area contributed by atoms with Gasteiger partial charge in [-0.25, -0.2) is 4.98 Å². The third-order valence-corrected chi connectivity index (χ3v) is 4.65. The highest BCUT2D eigenvalue weighted by atomic mass is 32.1. The molecule has 124 valence electrons. The molecule has 1 amide bonds. The number of benzene rings is 2. The first-order chi connectivity index (χ1) is 11.5. The van der Waals surface area contributed by atoms with E-state index in [-0.39, 0.29) is 5.91 Å². The molecular formula is C19H20N2O2S. The van der Waals surface area contributed by atoms with Crippen molar-refractivity contribution in [2.24, 2.45) is 0 Å². The van der Waals surface area contributed by atoms with Crippen LogP contribution in [0.4, 0.5) is 5.13 Å². The van der Waals surface area contributed by atoms with Crippen molar-refractivity contribution in [3.63, 3.8) is 0 Å². The molecule has 0 radical (unpaired) electrons. The molecule has 24 heavy (non-hydrogen) atoms. The minimum atomic E-state index is -0.0870. The van der Waals surface area contributed by atoms with Crippen molar-refractivity contribution in [1.82, 2.24) is 4.98 Å². The Hall–Kier alpha value is -2.40. The summed E-state index contributed by atoms with van der Waals surface area (Å²) in [7, 11) is 0. The minimum absolute atomic E-state index is 0.0870. The number of ether oxygens (including phenoxy) is 1. The Balaban J connectivity index is 1.56. The molecule has 2 aromatic carbocycles. The number of aryl methyl sites for hydroxylation is 3. The lowest BCUT2D eigenvalue weighted by Crippen LogP contribution is -2.15. The third-order valence-electron chi connectivity index (χ3n) is 3.72. The van der Waals surface area contributed by atoms with Crippen LogP contribution in [-0.4, -0.2) is 17.5 Å².